The normalized spacial score (nSPS) is 22.0. The third kappa shape index (κ3) is 2.89. The number of hydrogen-bond acceptors (Lipinski definition) is 3. The van der Waals surface area contributed by atoms with Crippen LogP contribution >= 0.6 is 0 Å². The molecular formula is C16H17N3O2. The van der Waals surface area contributed by atoms with Crippen molar-refractivity contribution in [2.24, 2.45) is 11.8 Å². The Morgan fingerprint density at radius 2 is 2.14 bits per heavy atom. The number of hydrogen-bond donors (Lipinski definition) is 1. The molecule has 0 atom stereocenters. The highest BCUT2D eigenvalue weighted by Crippen LogP contribution is 2.30. The van der Waals surface area contributed by atoms with Crippen LogP contribution in [0.15, 0.2) is 24.4 Å². The summed E-state index contributed by atoms with van der Waals surface area (Å²) in [5.74, 6) is -0.344. The third-order valence-corrected chi connectivity index (χ3v) is 4.32. The van der Waals surface area contributed by atoms with E-state index in [1.165, 1.54) is 0 Å². The van der Waals surface area contributed by atoms with Gasteiger partial charge in [-0.3, -0.25) is 9.48 Å². The molecule has 1 aliphatic carbocycles. The number of aliphatic carboxylic acids is 1. The van der Waals surface area contributed by atoms with E-state index in [4.69, 9.17) is 10.4 Å². The highest BCUT2D eigenvalue weighted by molar-refractivity contribution is 5.79. The second kappa shape index (κ2) is 5.57. The van der Waals surface area contributed by atoms with Gasteiger partial charge in [0, 0.05) is 18.1 Å². The number of aromatic nitrogens is 2. The third-order valence-electron chi connectivity index (χ3n) is 4.32. The number of carboxylic acids is 1. The Labute approximate surface area is 122 Å². The second-order valence-corrected chi connectivity index (χ2v) is 5.79. The molecule has 0 unspecified atom stereocenters. The zero-order chi connectivity index (χ0) is 14.8. The van der Waals surface area contributed by atoms with Crippen LogP contribution in [-0.2, 0) is 11.3 Å². The van der Waals surface area contributed by atoms with Gasteiger partial charge in [-0.1, -0.05) is 0 Å². The summed E-state index contributed by atoms with van der Waals surface area (Å²) in [7, 11) is 0. The van der Waals surface area contributed by atoms with Gasteiger partial charge in [0.25, 0.3) is 0 Å². The molecule has 0 amide bonds. The van der Waals surface area contributed by atoms with Crippen LogP contribution < -0.4 is 0 Å². The predicted molar refractivity (Wildman–Crippen MR) is 77.5 cm³/mol. The molecule has 0 aliphatic heterocycles. The molecule has 5 heteroatoms. The Morgan fingerprint density at radius 3 is 2.81 bits per heavy atom. The fourth-order valence-electron chi connectivity index (χ4n) is 3.10. The number of nitriles is 1. The van der Waals surface area contributed by atoms with Crippen LogP contribution in [-0.4, -0.2) is 20.9 Å². The van der Waals surface area contributed by atoms with Crippen LogP contribution in [0.5, 0.6) is 0 Å². The Bertz CT molecular complexity index is 706. The number of carboxylic acid groups (broad SMARTS) is 1. The summed E-state index contributed by atoms with van der Waals surface area (Å²) < 4.78 is 1.93. The lowest BCUT2D eigenvalue weighted by molar-refractivity contribution is -0.143. The maximum Gasteiger partial charge on any atom is 0.306 e. The van der Waals surface area contributed by atoms with Crippen molar-refractivity contribution in [1.29, 1.82) is 5.26 Å². The monoisotopic (exact) mass is 283 g/mol. The first-order valence-electron chi connectivity index (χ1n) is 7.26. The molecule has 3 rings (SSSR count). The van der Waals surface area contributed by atoms with Crippen molar-refractivity contribution >= 4 is 16.9 Å². The Kier molecular flexibility index (Phi) is 3.61. The first kappa shape index (κ1) is 13.6. The van der Waals surface area contributed by atoms with Gasteiger partial charge in [0.05, 0.1) is 23.1 Å². The van der Waals surface area contributed by atoms with Crippen molar-refractivity contribution in [2.45, 2.75) is 32.2 Å². The molecule has 0 radical (unpaired) electrons. The average molecular weight is 283 g/mol. The van der Waals surface area contributed by atoms with Crippen molar-refractivity contribution in [2.75, 3.05) is 0 Å². The number of nitrogens with zero attached hydrogens (tertiary/aromatic N) is 3. The summed E-state index contributed by atoms with van der Waals surface area (Å²) in [5.41, 5.74) is 1.54. The van der Waals surface area contributed by atoms with Crippen LogP contribution in [0.1, 0.15) is 31.2 Å². The van der Waals surface area contributed by atoms with E-state index < -0.39 is 5.97 Å². The van der Waals surface area contributed by atoms with Crippen LogP contribution in [0.4, 0.5) is 0 Å². The van der Waals surface area contributed by atoms with E-state index in [0.717, 1.165) is 43.1 Å². The van der Waals surface area contributed by atoms with Gasteiger partial charge in [-0.15, -0.1) is 0 Å². The fraction of sp³-hybridized carbons (Fsp3) is 0.438. The van der Waals surface area contributed by atoms with Crippen LogP contribution in [0.25, 0.3) is 10.9 Å². The maximum atomic E-state index is 11.0. The lowest BCUT2D eigenvalue weighted by atomic mass is 9.82. The highest BCUT2D eigenvalue weighted by Gasteiger charge is 2.26. The SMILES string of the molecule is N#Cc1ccc2nn(C[C@H]3CC[C@H](C(=O)O)CC3)cc2c1. The fourth-order valence-corrected chi connectivity index (χ4v) is 3.10. The summed E-state index contributed by atoms with van der Waals surface area (Å²) in [6, 6.07) is 7.62. The first-order valence-corrected chi connectivity index (χ1v) is 7.26. The molecule has 1 heterocycles. The lowest BCUT2D eigenvalue weighted by Crippen LogP contribution is -2.23. The van der Waals surface area contributed by atoms with Gasteiger partial charge in [0.2, 0.25) is 0 Å². The van der Waals surface area contributed by atoms with Crippen LogP contribution in [0.3, 0.4) is 0 Å². The zero-order valence-electron chi connectivity index (χ0n) is 11.7. The minimum Gasteiger partial charge on any atom is -0.481 e. The largest absolute Gasteiger partial charge is 0.481 e. The first-order chi connectivity index (χ1) is 10.2. The summed E-state index contributed by atoms with van der Waals surface area (Å²) in [4.78, 5) is 11.0. The molecule has 1 aromatic carbocycles. The van der Waals surface area contributed by atoms with Gasteiger partial charge < -0.3 is 5.11 Å². The van der Waals surface area contributed by atoms with Gasteiger partial charge in [0.1, 0.15) is 0 Å². The van der Waals surface area contributed by atoms with Crippen molar-refractivity contribution in [1.82, 2.24) is 9.78 Å². The molecule has 108 valence electrons. The van der Waals surface area contributed by atoms with E-state index in [1.54, 1.807) is 6.07 Å². The molecule has 0 saturated heterocycles. The molecular weight excluding hydrogens is 266 g/mol. The number of fused-ring (bicyclic) bond motifs is 1. The van der Waals surface area contributed by atoms with Crippen molar-refractivity contribution in [3.8, 4) is 6.07 Å². The minimum atomic E-state index is -0.665. The molecule has 5 nitrogen and oxygen atoms in total. The summed E-state index contributed by atoms with van der Waals surface area (Å²) in [6.45, 7) is 0.822. The van der Waals surface area contributed by atoms with E-state index in [-0.39, 0.29) is 5.92 Å². The Balaban J connectivity index is 1.68. The van der Waals surface area contributed by atoms with Gasteiger partial charge in [-0.2, -0.15) is 10.4 Å². The topological polar surface area (TPSA) is 78.9 Å². The number of carbonyl (C=O) groups is 1. The van der Waals surface area contributed by atoms with Crippen molar-refractivity contribution < 1.29 is 9.90 Å². The summed E-state index contributed by atoms with van der Waals surface area (Å²) >= 11 is 0. The van der Waals surface area contributed by atoms with E-state index >= 15 is 0 Å². The van der Waals surface area contributed by atoms with Gasteiger partial charge in [0.15, 0.2) is 0 Å². The summed E-state index contributed by atoms with van der Waals surface area (Å²) in [5, 5.41) is 23.4. The average Bonchev–Trinajstić information content (AvgIpc) is 2.88. The quantitative estimate of drug-likeness (QED) is 0.939. The van der Waals surface area contributed by atoms with Gasteiger partial charge >= 0.3 is 5.97 Å². The molecule has 1 aromatic heterocycles. The van der Waals surface area contributed by atoms with Gasteiger partial charge in [-0.25, -0.2) is 0 Å². The Hall–Kier alpha value is -2.35. The predicted octanol–water partition coefficient (Wildman–Crippen LogP) is 2.80. The molecule has 1 aliphatic rings. The highest BCUT2D eigenvalue weighted by atomic mass is 16.4. The zero-order valence-corrected chi connectivity index (χ0v) is 11.7. The van der Waals surface area contributed by atoms with E-state index in [9.17, 15) is 4.79 Å². The molecule has 1 saturated carbocycles. The molecule has 0 bridgehead atoms. The van der Waals surface area contributed by atoms with Crippen molar-refractivity contribution in [3.05, 3.63) is 30.0 Å². The molecule has 21 heavy (non-hydrogen) atoms. The van der Waals surface area contributed by atoms with E-state index in [0.29, 0.717) is 11.5 Å². The van der Waals surface area contributed by atoms with Crippen LogP contribution in [0.2, 0.25) is 0 Å². The molecule has 1 fully saturated rings. The smallest absolute Gasteiger partial charge is 0.306 e. The summed E-state index contributed by atoms with van der Waals surface area (Å²) in [6.07, 6.45) is 5.38. The van der Waals surface area contributed by atoms with Gasteiger partial charge in [-0.05, 0) is 49.8 Å². The van der Waals surface area contributed by atoms with Crippen LogP contribution in [0, 0.1) is 23.2 Å². The Morgan fingerprint density at radius 1 is 1.38 bits per heavy atom. The molecule has 2 aromatic rings. The molecule has 1 N–H and O–H groups in total. The van der Waals surface area contributed by atoms with Crippen molar-refractivity contribution in [3.63, 3.8) is 0 Å². The minimum absolute atomic E-state index is 0.170. The maximum absolute atomic E-state index is 11.0. The number of rotatable bonds is 3. The van der Waals surface area contributed by atoms with E-state index in [2.05, 4.69) is 11.2 Å². The standard InChI is InChI=1S/C16H17N3O2/c17-8-12-3-6-15-14(7-12)10-19(18-15)9-11-1-4-13(5-2-11)16(20)21/h3,6-7,10-11,13H,1-2,4-5,9H2,(H,20,21)/t11-,13-. The lowest BCUT2D eigenvalue weighted by Gasteiger charge is -2.25. The second-order valence-electron chi connectivity index (χ2n) is 5.79. The van der Waals surface area contributed by atoms with E-state index in [1.807, 2.05) is 23.0 Å². The number of benzene rings is 1. The molecule has 0 spiro atoms.